The van der Waals surface area contributed by atoms with Gasteiger partial charge in [-0.05, 0) is 36.9 Å². The van der Waals surface area contributed by atoms with Gasteiger partial charge in [-0.2, -0.15) is 0 Å². The van der Waals surface area contributed by atoms with Gasteiger partial charge in [0.15, 0.2) is 0 Å². The van der Waals surface area contributed by atoms with E-state index in [9.17, 15) is 10.1 Å². The third-order valence-corrected chi connectivity index (χ3v) is 3.58. The second-order valence-electron chi connectivity index (χ2n) is 4.83. The van der Waals surface area contributed by atoms with Crippen molar-refractivity contribution < 1.29 is 10.0 Å². The van der Waals surface area contributed by atoms with E-state index in [-0.39, 0.29) is 12.3 Å². The van der Waals surface area contributed by atoms with Crippen LogP contribution in [-0.4, -0.2) is 23.2 Å². The van der Waals surface area contributed by atoms with E-state index in [0.29, 0.717) is 17.5 Å². The number of non-ortho nitro benzene ring substituents is 1. The Balaban J connectivity index is 2.50. The van der Waals surface area contributed by atoms with E-state index in [0.717, 1.165) is 31.4 Å². The fourth-order valence-electron chi connectivity index (χ4n) is 2.14. The summed E-state index contributed by atoms with van der Waals surface area (Å²) in [4.78, 5) is 10.2. The highest BCUT2D eigenvalue weighted by Gasteiger charge is 2.10. The number of nitro benzene ring substituents is 1. The van der Waals surface area contributed by atoms with Crippen molar-refractivity contribution in [3.63, 3.8) is 0 Å². The second kappa shape index (κ2) is 8.89. The van der Waals surface area contributed by atoms with Crippen molar-refractivity contribution in [2.75, 3.05) is 13.2 Å². The third-order valence-electron chi connectivity index (χ3n) is 3.23. The lowest BCUT2D eigenvalue weighted by Gasteiger charge is -2.16. The van der Waals surface area contributed by atoms with Crippen LogP contribution in [0.25, 0.3) is 0 Å². The van der Waals surface area contributed by atoms with E-state index in [1.54, 1.807) is 6.07 Å². The number of benzene rings is 1. The first-order valence-corrected chi connectivity index (χ1v) is 7.20. The van der Waals surface area contributed by atoms with Crippen molar-refractivity contribution in [2.24, 2.45) is 5.92 Å². The molecule has 0 bridgehead atoms. The fourth-order valence-corrected chi connectivity index (χ4v) is 2.38. The monoisotopic (exact) mass is 300 g/mol. The highest BCUT2D eigenvalue weighted by molar-refractivity contribution is 6.31. The Labute approximate surface area is 124 Å². The second-order valence-corrected chi connectivity index (χ2v) is 5.24. The molecule has 0 radical (unpaired) electrons. The maximum absolute atomic E-state index is 10.6. The third kappa shape index (κ3) is 5.45. The summed E-state index contributed by atoms with van der Waals surface area (Å²) in [6.07, 6.45) is 2.95. The maximum Gasteiger partial charge on any atom is 0.270 e. The van der Waals surface area contributed by atoms with Crippen molar-refractivity contribution >= 4 is 17.3 Å². The number of nitrogens with one attached hydrogen (secondary N) is 1. The maximum atomic E-state index is 10.6. The van der Waals surface area contributed by atoms with Crippen LogP contribution in [0.4, 0.5) is 5.69 Å². The van der Waals surface area contributed by atoms with Crippen LogP contribution in [0, 0.1) is 16.0 Å². The van der Waals surface area contributed by atoms with Gasteiger partial charge in [0.2, 0.25) is 0 Å². The average molecular weight is 301 g/mol. The van der Waals surface area contributed by atoms with Gasteiger partial charge in [-0.25, -0.2) is 0 Å². The summed E-state index contributed by atoms with van der Waals surface area (Å²) >= 11 is 6.03. The lowest BCUT2D eigenvalue weighted by atomic mass is 10.0. The number of halogens is 1. The SMILES string of the molecule is CCCC(CCO)CNCc1ccc([N+](=O)[O-])cc1Cl. The standard InChI is InChI=1S/C14H21ClN2O3/c1-2-3-11(6-7-18)9-16-10-12-4-5-13(17(19)20)8-14(12)15/h4-5,8,11,16,18H,2-3,6-7,9-10H2,1H3. The van der Waals surface area contributed by atoms with Gasteiger partial charge >= 0.3 is 0 Å². The normalized spacial score (nSPS) is 12.3. The molecule has 0 amide bonds. The van der Waals surface area contributed by atoms with Crippen LogP contribution in [-0.2, 0) is 6.54 Å². The summed E-state index contributed by atoms with van der Waals surface area (Å²) in [5, 5.41) is 23.3. The van der Waals surface area contributed by atoms with Crippen LogP contribution >= 0.6 is 11.6 Å². The molecule has 0 aromatic heterocycles. The minimum Gasteiger partial charge on any atom is -0.396 e. The minimum absolute atomic E-state index is 0.00268. The van der Waals surface area contributed by atoms with E-state index < -0.39 is 4.92 Å². The number of rotatable bonds is 9. The molecular weight excluding hydrogens is 280 g/mol. The van der Waals surface area contributed by atoms with Gasteiger partial charge in [0.05, 0.1) is 9.95 Å². The molecule has 20 heavy (non-hydrogen) atoms. The number of aliphatic hydroxyl groups excluding tert-OH is 1. The minimum atomic E-state index is -0.457. The molecule has 0 fully saturated rings. The molecule has 0 aliphatic heterocycles. The molecule has 1 aromatic rings. The first kappa shape index (κ1) is 16.9. The molecule has 112 valence electrons. The van der Waals surface area contributed by atoms with Crippen LogP contribution in [0.5, 0.6) is 0 Å². The fraction of sp³-hybridized carbons (Fsp3) is 0.571. The first-order chi connectivity index (χ1) is 9.58. The summed E-state index contributed by atoms with van der Waals surface area (Å²) in [7, 11) is 0. The smallest absolute Gasteiger partial charge is 0.270 e. The van der Waals surface area contributed by atoms with Gasteiger partial charge < -0.3 is 10.4 Å². The van der Waals surface area contributed by atoms with Gasteiger partial charge in [-0.15, -0.1) is 0 Å². The first-order valence-electron chi connectivity index (χ1n) is 6.82. The number of nitrogens with zero attached hydrogens (tertiary/aromatic N) is 1. The van der Waals surface area contributed by atoms with E-state index in [1.165, 1.54) is 12.1 Å². The van der Waals surface area contributed by atoms with Crippen LogP contribution in [0.2, 0.25) is 5.02 Å². The Kier molecular flexibility index (Phi) is 7.51. The summed E-state index contributed by atoms with van der Waals surface area (Å²) in [6.45, 7) is 3.70. The van der Waals surface area contributed by atoms with Gasteiger partial charge in [-0.1, -0.05) is 24.9 Å². The van der Waals surface area contributed by atoms with Crippen molar-refractivity contribution in [1.82, 2.24) is 5.32 Å². The highest BCUT2D eigenvalue weighted by atomic mass is 35.5. The zero-order valence-corrected chi connectivity index (χ0v) is 12.4. The lowest BCUT2D eigenvalue weighted by Crippen LogP contribution is -2.23. The summed E-state index contributed by atoms with van der Waals surface area (Å²) in [5.74, 6) is 0.446. The summed E-state index contributed by atoms with van der Waals surface area (Å²) in [5.41, 5.74) is 0.847. The Bertz CT molecular complexity index is 434. The molecule has 6 heteroatoms. The van der Waals surface area contributed by atoms with E-state index in [4.69, 9.17) is 16.7 Å². The number of hydrogen-bond donors (Lipinski definition) is 2. The largest absolute Gasteiger partial charge is 0.396 e. The number of hydrogen-bond acceptors (Lipinski definition) is 4. The highest BCUT2D eigenvalue weighted by Crippen LogP contribution is 2.22. The average Bonchev–Trinajstić information content (AvgIpc) is 2.40. The van der Waals surface area contributed by atoms with Gasteiger partial charge in [0.25, 0.3) is 5.69 Å². The Morgan fingerprint density at radius 1 is 1.45 bits per heavy atom. The molecule has 0 spiro atoms. The van der Waals surface area contributed by atoms with Gasteiger partial charge in [-0.3, -0.25) is 10.1 Å². The molecule has 1 aromatic carbocycles. The van der Waals surface area contributed by atoms with Crippen LogP contribution in [0.15, 0.2) is 18.2 Å². The number of aliphatic hydroxyl groups is 1. The molecule has 0 heterocycles. The zero-order chi connectivity index (χ0) is 15.0. The van der Waals surface area contributed by atoms with Gasteiger partial charge in [0, 0.05) is 25.3 Å². The molecule has 0 saturated carbocycles. The van der Waals surface area contributed by atoms with Crippen molar-refractivity contribution in [1.29, 1.82) is 0 Å². The van der Waals surface area contributed by atoms with Crippen molar-refractivity contribution in [2.45, 2.75) is 32.7 Å². The molecule has 2 N–H and O–H groups in total. The Hall–Kier alpha value is -1.17. The quantitative estimate of drug-likeness (QED) is 0.542. The van der Waals surface area contributed by atoms with E-state index in [2.05, 4.69) is 12.2 Å². The Morgan fingerprint density at radius 3 is 2.75 bits per heavy atom. The molecule has 1 unspecified atom stereocenters. The molecule has 5 nitrogen and oxygen atoms in total. The predicted octanol–water partition coefficient (Wildman–Crippen LogP) is 3.14. The number of nitro groups is 1. The van der Waals surface area contributed by atoms with Gasteiger partial charge in [0.1, 0.15) is 0 Å². The van der Waals surface area contributed by atoms with Crippen LogP contribution in [0.3, 0.4) is 0 Å². The lowest BCUT2D eigenvalue weighted by molar-refractivity contribution is -0.384. The molecule has 1 rings (SSSR count). The zero-order valence-electron chi connectivity index (χ0n) is 11.6. The van der Waals surface area contributed by atoms with Crippen LogP contribution < -0.4 is 5.32 Å². The molecule has 0 aliphatic rings. The van der Waals surface area contributed by atoms with Crippen molar-refractivity contribution in [3.05, 3.63) is 38.9 Å². The van der Waals surface area contributed by atoms with Crippen LogP contribution in [0.1, 0.15) is 31.7 Å². The summed E-state index contributed by atoms with van der Waals surface area (Å²) in [6, 6.07) is 4.50. The molecule has 1 atom stereocenters. The molecule has 0 saturated heterocycles. The molecule has 0 aliphatic carbocycles. The predicted molar refractivity (Wildman–Crippen MR) is 79.9 cm³/mol. The topological polar surface area (TPSA) is 75.4 Å². The Morgan fingerprint density at radius 2 is 2.20 bits per heavy atom. The van der Waals surface area contributed by atoms with Crippen molar-refractivity contribution in [3.8, 4) is 0 Å². The summed E-state index contributed by atoms with van der Waals surface area (Å²) < 4.78 is 0. The van der Waals surface area contributed by atoms with E-state index in [1.807, 2.05) is 0 Å². The molecular formula is C14H21ClN2O3. The van der Waals surface area contributed by atoms with E-state index >= 15 is 0 Å².